The number of hydrogen-bond acceptors (Lipinski definition) is 3. The molecule has 0 bridgehead atoms. The molecule has 6 nitrogen and oxygen atoms in total. The highest BCUT2D eigenvalue weighted by atomic mass is 16.2. The Morgan fingerprint density at radius 3 is 2.63 bits per heavy atom. The van der Waals surface area contributed by atoms with Gasteiger partial charge in [-0.2, -0.15) is 5.10 Å². The first kappa shape index (κ1) is 13.8. The smallest absolute Gasteiger partial charge is 0.315 e. The van der Waals surface area contributed by atoms with Crippen molar-refractivity contribution in [3.8, 4) is 0 Å². The average molecular weight is 265 g/mol. The standard InChI is InChI=1S/C13H23N5O/c1-9-4-10(2)6-11(5-9)17-13(19)14-7-12-15-8-16-18(12)3/h8-11H,4-7H2,1-3H3,(H2,14,17,19)/t9-,10-/m1/s1. The average Bonchev–Trinajstić information content (AvgIpc) is 2.71. The second kappa shape index (κ2) is 6.04. The molecule has 0 unspecified atom stereocenters. The molecule has 1 aromatic rings. The molecule has 1 aliphatic rings. The highest BCUT2D eigenvalue weighted by Crippen LogP contribution is 2.28. The lowest BCUT2D eigenvalue weighted by molar-refractivity contribution is 0.213. The molecule has 1 saturated carbocycles. The van der Waals surface area contributed by atoms with Crippen molar-refractivity contribution >= 4 is 6.03 Å². The van der Waals surface area contributed by atoms with E-state index >= 15 is 0 Å². The Morgan fingerprint density at radius 2 is 2.05 bits per heavy atom. The van der Waals surface area contributed by atoms with Gasteiger partial charge in [-0.3, -0.25) is 4.68 Å². The van der Waals surface area contributed by atoms with Crippen LogP contribution in [-0.2, 0) is 13.6 Å². The Morgan fingerprint density at radius 1 is 1.37 bits per heavy atom. The molecule has 0 radical (unpaired) electrons. The lowest BCUT2D eigenvalue weighted by Crippen LogP contribution is -2.45. The number of aromatic nitrogens is 3. The van der Waals surface area contributed by atoms with Gasteiger partial charge in [0.1, 0.15) is 12.2 Å². The third kappa shape index (κ3) is 3.94. The molecule has 19 heavy (non-hydrogen) atoms. The number of amides is 2. The predicted molar refractivity (Wildman–Crippen MR) is 72.3 cm³/mol. The van der Waals surface area contributed by atoms with E-state index in [2.05, 4.69) is 34.6 Å². The molecule has 2 rings (SSSR count). The maximum Gasteiger partial charge on any atom is 0.315 e. The number of carbonyl (C=O) groups is 1. The van der Waals surface area contributed by atoms with E-state index in [0.717, 1.165) is 18.7 Å². The summed E-state index contributed by atoms with van der Waals surface area (Å²) in [6.07, 6.45) is 4.89. The molecule has 0 saturated heterocycles. The van der Waals surface area contributed by atoms with E-state index in [-0.39, 0.29) is 6.03 Å². The van der Waals surface area contributed by atoms with Crippen molar-refractivity contribution < 1.29 is 4.79 Å². The van der Waals surface area contributed by atoms with Crippen LogP contribution in [0.5, 0.6) is 0 Å². The minimum Gasteiger partial charge on any atom is -0.335 e. The van der Waals surface area contributed by atoms with Gasteiger partial charge in [0, 0.05) is 13.1 Å². The number of hydrogen-bond donors (Lipinski definition) is 2. The molecule has 1 heterocycles. The van der Waals surface area contributed by atoms with E-state index in [0.29, 0.717) is 24.4 Å². The lowest BCUT2D eigenvalue weighted by Gasteiger charge is -2.31. The highest BCUT2D eigenvalue weighted by Gasteiger charge is 2.24. The zero-order valence-corrected chi connectivity index (χ0v) is 11.9. The summed E-state index contributed by atoms with van der Waals surface area (Å²) in [4.78, 5) is 15.9. The molecule has 0 spiro atoms. The van der Waals surface area contributed by atoms with Gasteiger partial charge >= 0.3 is 6.03 Å². The Hall–Kier alpha value is -1.59. The molecule has 1 aromatic heterocycles. The maximum absolute atomic E-state index is 11.9. The first-order valence-corrected chi connectivity index (χ1v) is 6.91. The van der Waals surface area contributed by atoms with Crippen molar-refractivity contribution in [1.29, 1.82) is 0 Å². The summed E-state index contributed by atoms with van der Waals surface area (Å²) in [7, 11) is 1.81. The highest BCUT2D eigenvalue weighted by molar-refractivity contribution is 5.74. The molecule has 0 aliphatic heterocycles. The Balaban J connectivity index is 1.76. The second-order valence-electron chi connectivity index (χ2n) is 5.74. The Labute approximate surface area is 114 Å². The minimum absolute atomic E-state index is 0.116. The fraction of sp³-hybridized carbons (Fsp3) is 0.769. The van der Waals surface area contributed by atoms with Gasteiger partial charge in [-0.25, -0.2) is 9.78 Å². The molecule has 2 N–H and O–H groups in total. The lowest BCUT2D eigenvalue weighted by atomic mass is 9.80. The van der Waals surface area contributed by atoms with Gasteiger partial charge < -0.3 is 10.6 Å². The number of urea groups is 1. The van der Waals surface area contributed by atoms with Crippen molar-refractivity contribution in [1.82, 2.24) is 25.4 Å². The summed E-state index contributed by atoms with van der Waals surface area (Å²) in [5.41, 5.74) is 0. The van der Waals surface area contributed by atoms with E-state index in [9.17, 15) is 4.79 Å². The summed E-state index contributed by atoms with van der Waals surface area (Å²) in [6.45, 7) is 4.91. The quantitative estimate of drug-likeness (QED) is 0.868. The van der Waals surface area contributed by atoms with Gasteiger partial charge in [-0.05, 0) is 31.1 Å². The van der Waals surface area contributed by atoms with E-state index in [4.69, 9.17) is 0 Å². The van der Waals surface area contributed by atoms with Crippen molar-refractivity contribution in [2.24, 2.45) is 18.9 Å². The van der Waals surface area contributed by atoms with Crippen LogP contribution in [-0.4, -0.2) is 26.8 Å². The number of carbonyl (C=O) groups excluding carboxylic acids is 1. The topological polar surface area (TPSA) is 71.8 Å². The Bertz CT molecular complexity index is 420. The summed E-state index contributed by atoms with van der Waals surface area (Å²) in [5, 5.41) is 9.85. The van der Waals surface area contributed by atoms with Crippen molar-refractivity contribution in [2.45, 2.75) is 45.7 Å². The maximum atomic E-state index is 11.9. The number of nitrogens with zero attached hydrogens (tertiary/aromatic N) is 3. The largest absolute Gasteiger partial charge is 0.335 e. The fourth-order valence-corrected chi connectivity index (χ4v) is 2.94. The van der Waals surface area contributed by atoms with Crippen molar-refractivity contribution in [2.75, 3.05) is 0 Å². The first-order valence-electron chi connectivity index (χ1n) is 6.91. The summed E-state index contributed by atoms with van der Waals surface area (Å²) in [6, 6.07) is 0.174. The van der Waals surface area contributed by atoms with Crippen LogP contribution in [0.25, 0.3) is 0 Å². The Kier molecular flexibility index (Phi) is 4.39. The van der Waals surface area contributed by atoms with Crippen LogP contribution in [0.15, 0.2) is 6.33 Å². The first-order chi connectivity index (χ1) is 9.04. The van der Waals surface area contributed by atoms with Gasteiger partial charge in [0.05, 0.1) is 6.54 Å². The summed E-state index contributed by atoms with van der Waals surface area (Å²) < 4.78 is 1.66. The molecule has 1 fully saturated rings. The van der Waals surface area contributed by atoms with E-state index < -0.39 is 0 Å². The summed E-state index contributed by atoms with van der Waals surface area (Å²) >= 11 is 0. The van der Waals surface area contributed by atoms with Gasteiger partial charge in [0.2, 0.25) is 0 Å². The molecular weight excluding hydrogens is 242 g/mol. The molecule has 1 aliphatic carbocycles. The monoisotopic (exact) mass is 265 g/mol. The third-order valence-corrected chi connectivity index (χ3v) is 3.73. The number of aryl methyl sites for hydroxylation is 1. The number of rotatable bonds is 3. The normalized spacial score (nSPS) is 27.0. The zero-order valence-electron chi connectivity index (χ0n) is 11.9. The molecule has 106 valence electrons. The number of nitrogens with one attached hydrogen (secondary N) is 2. The molecule has 2 amide bonds. The van der Waals surface area contributed by atoms with Crippen LogP contribution < -0.4 is 10.6 Å². The third-order valence-electron chi connectivity index (χ3n) is 3.73. The molecule has 6 heteroatoms. The van der Waals surface area contributed by atoms with Crippen LogP contribution in [0.4, 0.5) is 4.79 Å². The van der Waals surface area contributed by atoms with E-state index in [1.165, 1.54) is 12.7 Å². The van der Waals surface area contributed by atoms with E-state index in [1.807, 2.05) is 7.05 Å². The van der Waals surface area contributed by atoms with Crippen molar-refractivity contribution in [3.63, 3.8) is 0 Å². The second-order valence-corrected chi connectivity index (χ2v) is 5.74. The fourth-order valence-electron chi connectivity index (χ4n) is 2.94. The van der Waals surface area contributed by atoms with E-state index in [1.54, 1.807) is 4.68 Å². The SMILES string of the molecule is C[C@H]1CC(NC(=O)NCc2ncnn2C)C[C@H](C)C1. The van der Waals surface area contributed by atoms with Crippen LogP contribution >= 0.6 is 0 Å². The van der Waals surface area contributed by atoms with Crippen LogP contribution in [0.3, 0.4) is 0 Å². The van der Waals surface area contributed by atoms with Gasteiger partial charge in [-0.1, -0.05) is 13.8 Å². The van der Waals surface area contributed by atoms with Gasteiger partial charge in [-0.15, -0.1) is 0 Å². The molecule has 0 aromatic carbocycles. The van der Waals surface area contributed by atoms with Crippen LogP contribution in [0.2, 0.25) is 0 Å². The predicted octanol–water partition coefficient (Wildman–Crippen LogP) is 1.44. The van der Waals surface area contributed by atoms with Crippen molar-refractivity contribution in [3.05, 3.63) is 12.2 Å². The van der Waals surface area contributed by atoms with Gasteiger partial charge in [0.25, 0.3) is 0 Å². The molecular formula is C13H23N5O. The summed E-state index contributed by atoms with van der Waals surface area (Å²) in [5.74, 6) is 2.13. The minimum atomic E-state index is -0.116. The van der Waals surface area contributed by atoms with Crippen LogP contribution in [0.1, 0.15) is 38.9 Å². The van der Waals surface area contributed by atoms with Crippen LogP contribution in [0, 0.1) is 11.8 Å². The zero-order chi connectivity index (χ0) is 13.8. The van der Waals surface area contributed by atoms with Gasteiger partial charge in [0.15, 0.2) is 0 Å². The molecule has 2 atom stereocenters.